The summed E-state index contributed by atoms with van der Waals surface area (Å²) in [5.41, 5.74) is 6.35. The first kappa shape index (κ1) is 14.3. The molecule has 0 spiro atoms. The number of nitrogens with two attached hydrogens (primary N) is 1. The van der Waals surface area contributed by atoms with E-state index in [1.165, 1.54) is 19.4 Å². The molecule has 0 radical (unpaired) electrons. The Balaban J connectivity index is 2.09. The molecule has 4 nitrogen and oxygen atoms in total. The van der Waals surface area contributed by atoms with E-state index in [0.717, 1.165) is 45.6 Å². The summed E-state index contributed by atoms with van der Waals surface area (Å²) in [6, 6.07) is 0. The van der Waals surface area contributed by atoms with Crippen molar-refractivity contribution in [2.45, 2.75) is 44.2 Å². The van der Waals surface area contributed by atoms with Crippen LogP contribution in [0.25, 0.3) is 0 Å². The Kier molecular flexibility index (Phi) is 5.01. The van der Waals surface area contributed by atoms with Gasteiger partial charge in [-0.15, -0.1) is 0 Å². The van der Waals surface area contributed by atoms with Gasteiger partial charge in [0.25, 0.3) is 0 Å². The van der Waals surface area contributed by atoms with E-state index in [-0.39, 0.29) is 5.54 Å². The Morgan fingerprint density at radius 3 is 2.83 bits per heavy atom. The molecule has 0 aromatic heterocycles. The lowest BCUT2D eigenvalue weighted by atomic mass is 9.86. The molecule has 2 saturated heterocycles. The lowest BCUT2D eigenvalue weighted by Crippen LogP contribution is -2.63. The normalized spacial score (nSPS) is 36.5. The molecular weight excluding hydrogens is 226 g/mol. The molecule has 2 fully saturated rings. The molecule has 2 unspecified atom stereocenters. The van der Waals surface area contributed by atoms with E-state index in [9.17, 15) is 0 Å². The highest BCUT2D eigenvalue weighted by Gasteiger charge is 2.39. The molecule has 2 N–H and O–H groups in total. The topological polar surface area (TPSA) is 41.7 Å². The minimum atomic E-state index is 0.189. The molecule has 0 saturated carbocycles. The zero-order chi connectivity index (χ0) is 13.0. The van der Waals surface area contributed by atoms with Crippen molar-refractivity contribution in [3.63, 3.8) is 0 Å². The average Bonchev–Trinajstić information content (AvgIpc) is 2.64. The van der Waals surface area contributed by atoms with Gasteiger partial charge in [-0.05, 0) is 39.3 Å². The molecule has 2 rings (SSSR count). The second-order valence-corrected chi connectivity index (χ2v) is 5.97. The molecule has 2 atom stereocenters. The maximum absolute atomic E-state index is 6.16. The van der Waals surface area contributed by atoms with E-state index in [1.54, 1.807) is 0 Å². The fourth-order valence-corrected chi connectivity index (χ4v) is 3.47. The summed E-state index contributed by atoms with van der Waals surface area (Å²) >= 11 is 0. The van der Waals surface area contributed by atoms with E-state index in [2.05, 4.69) is 23.8 Å². The molecule has 106 valence electrons. The van der Waals surface area contributed by atoms with Gasteiger partial charge in [0.15, 0.2) is 0 Å². The summed E-state index contributed by atoms with van der Waals surface area (Å²) in [6.45, 7) is 8.42. The molecular formula is C14H29N3O. The second-order valence-electron chi connectivity index (χ2n) is 5.97. The van der Waals surface area contributed by atoms with Crippen LogP contribution in [0.15, 0.2) is 0 Å². The zero-order valence-electron chi connectivity index (χ0n) is 12.0. The SMILES string of the molecule is CCC1CN(C2(CN)CCCN(C)C2)CCCO1. The van der Waals surface area contributed by atoms with Gasteiger partial charge in [0.2, 0.25) is 0 Å². The summed E-state index contributed by atoms with van der Waals surface area (Å²) in [5.74, 6) is 0. The van der Waals surface area contributed by atoms with Gasteiger partial charge in [0, 0.05) is 38.3 Å². The van der Waals surface area contributed by atoms with Gasteiger partial charge in [-0.1, -0.05) is 6.92 Å². The molecule has 0 bridgehead atoms. The number of piperidine rings is 1. The summed E-state index contributed by atoms with van der Waals surface area (Å²) in [7, 11) is 2.22. The minimum absolute atomic E-state index is 0.189. The molecule has 2 heterocycles. The highest BCUT2D eigenvalue weighted by atomic mass is 16.5. The fraction of sp³-hybridized carbons (Fsp3) is 1.00. The fourth-order valence-electron chi connectivity index (χ4n) is 3.47. The standard InChI is InChI=1S/C14H29N3O/c1-3-13-10-17(8-5-9-18-13)14(11-15)6-4-7-16(2)12-14/h13H,3-12,15H2,1-2H3. The van der Waals surface area contributed by atoms with Crippen LogP contribution in [-0.2, 0) is 4.74 Å². The number of nitrogens with zero attached hydrogens (tertiary/aromatic N) is 2. The monoisotopic (exact) mass is 255 g/mol. The zero-order valence-corrected chi connectivity index (χ0v) is 12.0. The van der Waals surface area contributed by atoms with Gasteiger partial charge in [-0.25, -0.2) is 0 Å². The van der Waals surface area contributed by atoms with Crippen LogP contribution < -0.4 is 5.73 Å². The largest absolute Gasteiger partial charge is 0.377 e. The van der Waals surface area contributed by atoms with Crippen LogP contribution in [0, 0.1) is 0 Å². The molecule has 0 aliphatic carbocycles. The van der Waals surface area contributed by atoms with Crippen molar-refractivity contribution in [2.75, 3.05) is 46.4 Å². The number of hydrogen-bond acceptors (Lipinski definition) is 4. The van der Waals surface area contributed by atoms with E-state index in [0.29, 0.717) is 6.10 Å². The van der Waals surface area contributed by atoms with E-state index < -0.39 is 0 Å². The van der Waals surface area contributed by atoms with Crippen molar-refractivity contribution in [2.24, 2.45) is 5.73 Å². The van der Waals surface area contributed by atoms with Gasteiger partial charge >= 0.3 is 0 Å². The van der Waals surface area contributed by atoms with Crippen LogP contribution in [0.2, 0.25) is 0 Å². The smallest absolute Gasteiger partial charge is 0.0699 e. The number of ether oxygens (including phenoxy) is 1. The third kappa shape index (κ3) is 3.05. The molecule has 4 heteroatoms. The van der Waals surface area contributed by atoms with Crippen LogP contribution in [-0.4, -0.2) is 67.8 Å². The van der Waals surface area contributed by atoms with Crippen molar-refractivity contribution in [1.29, 1.82) is 0 Å². The maximum Gasteiger partial charge on any atom is 0.0699 e. The molecule has 18 heavy (non-hydrogen) atoms. The quantitative estimate of drug-likeness (QED) is 0.814. The Morgan fingerprint density at radius 2 is 2.17 bits per heavy atom. The van der Waals surface area contributed by atoms with Gasteiger partial charge in [-0.3, -0.25) is 4.90 Å². The lowest BCUT2D eigenvalue weighted by molar-refractivity contribution is -0.00251. The Labute approximate surface area is 111 Å². The highest BCUT2D eigenvalue weighted by Crippen LogP contribution is 2.28. The highest BCUT2D eigenvalue weighted by molar-refractivity contribution is 4.98. The molecule has 2 aliphatic rings. The average molecular weight is 255 g/mol. The molecule has 0 aromatic rings. The van der Waals surface area contributed by atoms with Crippen LogP contribution >= 0.6 is 0 Å². The van der Waals surface area contributed by atoms with E-state index in [4.69, 9.17) is 10.5 Å². The Morgan fingerprint density at radius 1 is 1.33 bits per heavy atom. The first-order valence-corrected chi connectivity index (χ1v) is 7.45. The number of likely N-dealkylation sites (tertiary alicyclic amines) is 1. The lowest BCUT2D eigenvalue weighted by Gasteiger charge is -2.48. The van der Waals surface area contributed by atoms with Gasteiger partial charge < -0.3 is 15.4 Å². The van der Waals surface area contributed by atoms with Crippen LogP contribution in [0.5, 0.6) is 0 Å². The van der Waals surface area contributed by atoms with E-state index >= 15 is 0 Å². The van der Waals surface area contributed by atoms with Gasteiger partial charge in [0.05, 0.1) is 6.10 Å². The first-order valence-electron chi connectivity index (χ1n) is 7.45. The van der Waals surface area contributed by atoms with Gasteiger partial charge in [0.1, 0.15) is 0 Å². The van der Waals surface area contributed by atoms with Crippen LogP contribution in [0.4, 0.5) is 0 Å². The predicted molar refractivity (Wildman–Crippen MR) is 74.7 cm³/mol. The number of rotatable bonds is 3. The minimum Gasteiger partial charge on any atom is -0.377 e. The van der Waals surface area contributed by atoms with Crippen molar-refractivity contribution >= 4 is 0 Å². The van der Waals surface area contributed by atoms with Crippen molar-refractivity contribution < 1.29 is 4.74 Å². The van der Waals surface area contributed by atoms with Crippen molar-refractivity contribution in [3.8, 4) is 0 Å². The maximum atomic E-state index is 6.16. The number of hydrogen-bond donors (Lipinski definition) is 1. The summed E-state index contributed by atoms with van der Waals surface area (Å²) < 4.78 is 5.89. The van der Waals surface area contributed by atoms with E-state index in [1.807, 2.05) is 0 Å². The van der Waals surface area contributed by atoms with Crippen molar-refractivity contribution in [3.05, 3.63) is 0 Å². The van der Waals surface area contributed by atoms with Crippen LogP contribution in [0.1, 0.15) is 32.6 Å². The molecule has 0 amide bonds. The third-order valence-electron chi connectivity index (χ3n) is 4.60. The third-order valence-corrected chi connectivity index (χ3v) is 4.60. The second kappa shape index (κ2) is 6.33. The summed E-state index contributed by atoms with van der Waals surface area (Å²) in [4.78, 5) is 5.06. The number of likely N-dealkylation sites (N-methyl/N-ethyl adjacent to an activating group) is 1. The summed E-state index contributed by atoms with van der Waals surface area (Å²) in [6.07, 6.45) is 5.14. The van der Waals surface area contributed by atoms with Crippen LogP contribution in [0.3, 0.4) is 0 Å². The Bertz CT molecular complexity index is 261. The van der Waals surface area contributed by atoms with Gasteiger partial charge in [-0.2, -0.15) is 0 Å². The predicted octanol–water partition coefficient (Wildman–Crippen LogP) is 0.910. The first-order chi connectivity index (χ1) is 8.70. The molecule has 0 aromatic carbocycles. The summed E-state index contributed by atoms with van der Waals surface area (Å²) in [5, 5.41) is 0. The molecule has 2 aliphatic heterocycles. The Hall–Kier alpha value is -0.160. The van der Waals surface area contributed by atoms with Crippen molar-refractivity contribution in [1.82, 2.24) is 9.80 Å².